The van der Waals surface area contributed by atoms with Gasteiger partial charge in [-0.3, -0.25) is 0 Å². The largest absolute Gasteiger partial charge is 0.316 e. The first kappa shape index (κ1) is 11.2. The lowest BCUT2D eigenvalue weighted by atomic mass is 10.0. The van der Waals surface area contributed by atoms with Crippen molar-refractivity contribution in [2.75, 3.05) is 13.1 Å². The van der Waals surface area contributed by atoms with Gasteiger partial charge in [-0.2, -0.15) is 5.26 Å². The van der Waals surface area contributed by atoms with E-state index in [2.05, 4.69) is 24.4 Å². The van der Waals surface area contributed by atoms with Crippen molar-refractivity contribution in [3.63, 3.8) is 0 Å². The van der Waals surface area contributed by atoms with E-state index in [1.54, 1.807) is 0 Å². The molecule has 2 heteroatoms. The molecule has 0 heterocycles. The van der Waals surface area contributed by atoms with E-state index in [1.165, 1.54) is 18.4 Å². The van der Waals surface area contributed by atoms with Crippen LogP contribution in [0.25, 0.3) is 0 Å². The zero-order valence-corrected chi connectivity index (χ0v) is 9.74. The predicted molar refractivity (Wildman–Crippen MR) is 65.2 cm³/mol. The summed E-state index contributed by atoms with van der Waals surface area (Å²) in [5, 5.41) is 12.5. The molecule has 1 saturated carbocycles. The Morgan fingerprint density at radius 2 is 2.25 bits per heavy atom. The van der Waals surface area contributed by atoms with Crippen LogP contribution in [0.5, 0.6) is 0 Å². The highest BCUT2D eigenvalue weighted by Gasteiger charge is 2.38. The third-order valence-electron chi connectivity index (χ3n) is 3.24. The first-order chi connectivity index (χ1) is 7.86. The average molecular weight is 214 g/mol. The van der Waals surface area contributed by atoms with Gasteiger partial charge in [0, 0.05) is 0 Å². The first-order valence-electron chi connectivity index (χ1n) is 6.06. The molecule has 0 saturated heterocycles. The zero-order valence-electron chi connectivity index (χ0n) is 9.74. The molecule has 0 aromatic heterocycles. The number of hydrogen-bond donors (Lipinski definition) is 1. The molecule has 0 bridgehead atoms. The number of nitrogens with one attached hydrogen (secondary N) is 1. The molecular weight excluding hydrogens is 196 g/mol. The summed E-state index contributed by atoms with van der Waals surface area (Å²) in [6.07, 6.45) is 2.42. The molecule has 1 aliphatic carbocycles. The van der Waals surface area contributed by atoms with Crippen molar-refractivity contribution in [2.24, 2.45) is 5.92 Å². The summed E-state index contributed by atoms with van der Waals surface area (Å²) in [4.78, 5) is 0. The van der Waals surface area contributed by atoms with Crippen molar-refractivity contribution in [2.45, 2.75) is 25.7 Å². The van der Waals surface area contributed by atoms with Gasteiger partial charge in [0.05, 0.1) is 11.6 Å². The number of rotatable bonds is 5. The fourth-order valence-electron chi connectivity index (χ4n) is 2.24. The van der Waals surface area contributed by atoms with Crippen LogP contribution >= 0.6 is 0 Å². The van der Waals surface area contributed by atoms with Crippen molar-refractivity contribution in [1.82, 2.24) is 5.32 Å². The second-order valence-corrected chi connectivity index (χ2v) is 4.51. The quantitative estimate of drug-likeness (QED) is 0.765. The topological polar surface area (TPSA) is 35.8 Å². The minimum absolute atomic E-state index is 0.611. The summed E-state index contributed by atoms with van der Waals surface area (Å²) in [7, 11) is 0. The molecule has 16 heavy (non-hydrogen) atoms. The Balaban J connectivity index is 1.93. The van der Waals surface area contributed by atoms with Gasteiger partial charge in [0.15, 0.2) is 0 Å². The van der Waals surface area contributed by atoms with E-state index in [4.69, 9.17) is 5.26 Å². The van der Waals surface area contributed by atoms with Crippen LogP contribution in [0.15, 0.2) is 24.3 Å². The molecule has 1 fully saturated rings. The summed E-state index contributed by atoms with van der Waals surface area (Å²) < 4.78 is 0. The molecule has 2 atom stereocenters. The van der Waals surface area contributed by atoms with Crippen LogP contribution < -0.4 is 5.32 Å². The van der Waals surface area contributed by atoms with E-state index < -0.39 is 0 Å². The molecule has 84 valence electrons. The Morgan fingerprint density at radius 1 is 1.44 bits per heavy atom. The van der Waals surface area contributed by atoms with Crippen LogP contribution in [0, 0.1) is 17.2 Å². The standard InChI is InChI=1S/C14H18N2/c1-2-7-16-10-12-8-14(12)13-6-4-3-5-11(13)9-15/h3-6,12,14,16H,2,7-8,10H2,1H3. The lowest BCUT2D eigenvalue weighted by Gasteiger charge is -2.04. The molecule has 2 unspecified atom stereocenters. The fourth-order valence-corrected chi connectivity index (χ4v) is 2.24. The maximum Gasteiger partial charge on any atom is 0.0994 e. The highest BCUT2D eigenvalue weighted by Crippen LogP contribution is 2.47. The Bertz CT molecular complexity index is 392. The minimum Gasteiger partial charge on any atom is -0.316 e. The van der Waals surface area contributed by atoms with Crippen molar-refractivity contribution in [3.05, 3.63) is 35.4 Å². The van der Waals surface area contributed by atoms with Gasteiger partial charge < -0.3 is 5.32 Å². The smallest absolute Gasteiger partial charge is 0.0994 e. The van der Waals surface area contributed by atoms with E-state index in [-0.39, 0.29) is 0 Å². The second kappa shape index (κ2) is 5.14. The average Bonchev–Trinajstić information content (AvgIpc) is 3.09. The van der Waals surface area contributed by atoms with Crippen LogP contribution in [-0.4, -0.2) is 13.1 Å². The van der Waals surface area contributed by atoms with Crippen LogP contribution in [0.1, 0.15) is 36.8 Å². The van der Waals surface area contributed by atoms with Crippen LogP contribution in [-0.2, 0) is 0 Å². The van der Waals surface area contributed by atoms with E-state index in [0.29, 0.717) is 5.92 Å². The molecule has 1 aromatic carbocycles. The van der Waals surface area contributed by atoms with Crippen molar-refractivity contribution < 1.29 is 0 Å². The van der Waals surface area contributed by atoms with E-state index in [1.807, 2.05) is 18.2 Å². The number of nitrogens with zero attached hydrogens (tertiary/aromatic N) is 1. The molecule has 0 radical (unpaired) electrons. The summed E-state index contributed by atoms with van der Waals surface area (Å²) in [5.41, 5.74) is 2.10. The third-order valence-corrected chi connectivity index (χ3v) is 3.24. The lowest BCUT2D eigenvalue weighted by Crippen LogP contribution is -2.17. The molecule has 2 nitrogen and oxygen atoms in total. The number of nitriles is 1. The van der Waals surface area contributed by atoms with Gasteiger partial charge in [0.1, 0.15) is 0 Å². The molecule has 1 aromatic rings. The van der Waals surface area contributed by atoms with Gasteiger partial charge in [0.25, 0.3) is 0 Å². The zero-order chi connectivity index (χ0) is 11.4. The highest BCUT2D eigenvalue weighted by molar-refractivity contribution is 5.42. The maximum atomic E-state index is 9.03. The van der Waals surface area contributed by atoms with E-state index in [9.17, 15) is 0 Å². The van der Waals surface area contributed by atoms with Crippen molar-refractivity contribution >= 4 is 0 Å². The lowest BCUT2D eigenvalue weighted by molar-refractivity contribution is 0.620. The molecule has 0 spiro atoms. The molecule has 0 aliphatic heterocycles. The SMILES string of the molecule is CCCNCC1CC1c1ccccc1C#N. The summed E-state index contributed by atoms with van der Waals surface area (Å²) in [6, 6.07) is 10.3. The van der Waals surface area contributed by atoms with Crippen molar-refractivity contribution in [3.8, 4) is 6.07 Å². The van der Waals surface area contributed by atoms with E-state index >= 15 is 0 Å². The van der Waals surface area contributed by atoms with Crippen LogP contribution in [0.3, 0.4) is 0 Å². The van der Waals surface area contributed by atoms with Crippen LogP contribution in [0.4, 0.5) is 0 Å². The molecule has 1 N–H and O–H groups in total. The van der Waals surface area contributed by atoms with Gasteiger partial charge in [0.2, 0.25) is 0 Å². The number of benzene rings is 1. The second-order valence-electron chi connectivity index (χ2n) is 4.51. The molecular formula is C14H18N2. The van der Waals surface area contributed by atoms with Gasteiger partial charge in [-0.1, -0.05) is 25.1 Å². The minimum atomic E-state index is 0.611. The van der Waals surface area contributed by atoms with E-state index in [0.717, 1.165) is 24.6 Å². The Hall–Kier alpha value is -1.33. The highest BCUT2D eigenvalue weighted by atomic mass is 14.9. The molecule has 1 aliphatic rings. The summed E-state index contributed by atoms with van der Waals surface area (Å²) >= 11 is 0. The summed E-state index contributed by atoms with van der Waals surface area (Å²) in [5.74, 6) is 1.35. The van der Waals surface area contributed by atoms with Gasteiger partial charge in [-0.25, -0.2) is 0 Å². The fraction of sp³-hybridized carbons (Fsp3) is 0.500. The predicted octanol–water partition coefficient (Wildman–Crippen LogP) is 2.66. The third kappa shape index (κ3) is 2.43. The Kier molecular flexibility index (Phi) is 3.58. The maximum absolute atomic E-state index is 9.03. The van der Waals surface area contributed by atoms with Gasteiger partial charge in [-0.15, -0.1) is 0 Å². The Labute approximate surface area is 97.3 Å². The van der Waals surface area contributed by atoms with Crippen LogP contribution in [0.2, 0.25) is 0 Å². The van der Waals surface area contributed by atoms with Gasteiger partial charge in [-0.05, 0) is 49.4 Å². The molecule has 2 rings (SSSR count). The van der Waals surface area contributed by atoms with Gasteiger partial charge >= 0.3 is 0 Å². The monoisotopic (exact) mass is 214 g/mol. The van der Waals surface area contributed by atoms with Crippen molar-refractivity contribution in [1.29, 1.82) is 5.26 Å². The summed E-state index contributed by atoms with van der Waals surface area (Å²) in [6.45, 7) is 4.38. The Morgan fingerprint density at radius 3 is 3.00 bits per heavy atom. The normalized spacial score (nSPS) is 22.8. The number of hydrogen-bond acceptors (Lipinski definition) is 2. The molecule has 0 amide bonds. The first-order valence-corrected chi connectivity index (χ1v) is 6.06.